The highest BCUT2D eigenvalue weighted by Crippen LogP contribution is 2.29. The second-order valence-corrected chi connectivity index (χ2v) is 6.57. The Balaban J connectivity index is 1.59. The molecule has 140 valence electrons. The van der Waals surface area contributed by atoms with Crippen LogP contribution in [0.4, 0.5) is 4.39 Å². The summed E-state index contributed by atoms with van der Waals surface area (Å²) in [5.41, 5.74) is 5.30. The third-order valence-electron chi connectivity index (χ3n) is 4.71. The number of carbonyl (C=O) groups excluding carboxylic acids is 1. The third kappa shape index (κ3) is 3.34. The molecule has 4 rings (SSSR count). The number of aromatic amines is 1. The average molecular weight is 375 g/mol. The Labute approximate surface area is 160 Å². The van der Waals surface area contributed by atoms with Crippen LogP contribution in [-0.2, 0) is 6.54 Å². The van der Waals surface area contributed by atoms with Gasteiger partial charge in [0.2, 0.25) is 0 Å². The topological polar surface area (TPSA) is 83.6 Å². The fraction of sp³-hybridized carbons (Fsp3) is 0.143. The van der Waals surface area contributed by atoms with E-state index in [1.807, 2.05) is 25.1 Å². The van der Waals surface area contributed by atoms with Crippen LogP contribution in [0.25, 0.3) is 22.3 Å². The summed E-state index contributed by atoms with van der Waals surface area (Å²) in [7, 11) is 0. The molecule has 4 aromatic rings. The Kier molecular flexibility index (Phi) is 4.57. The molecule has 0 unspecified atom stereocenters. The van der Waals surface area contributed by atoms with E-state index in [9.17, 15) is 9.18 Å². The molecule has 0 fully saturated rings. The van der Waals surface area contributed by atoms with Crippen molar-refractivity contribution in [3.8, 4) is 11.4 Å². The summed E-state index contributed by atoms with van der Waals surface area (Å²) in [5, 5.41) is 3.90. The number of hydrogen-bond donors (Lipinski definition) is 2. The number of halogens is 1. The third-order valence-corrected chi connectivity index (χ3v) is 4.71. The highest BCUT2D eigenvalue weighted by molar-refractivity contribution is 5.95. The Hall–Kier alpha value is -3.61. The first-order chi connectivity index (χ1) is 13.5. The van der Waals surface area contributed by atoms with Crippen LogP contribution in [0.1, 0.15) is 27.2 Å². The van der Waals surface area contributed by atoms with Crippen LogP contribution in [0.5, 0.6) is 0 Å². The summed E-state index contributed by atoms with van der Waals surface area (Å²) in [5.74, 6) is -0.541. The molecule has 28 heavy (non-hydrogen) atoms. The Morgan fingerprint density at radius 3 is 2.82 bits per heavy atom. The number of aromatic nitrogens is 4. The van der Waals surface area contributed by atoms with Crippen molar-refractivity contribution in [2.45, 2.75) is 20.4 Å². The largest absolute Gasteiger partial charge is 0.353 e. The number of amides is 1. The summed E-state index contributed by atoms with van der Waals surface area (Å²) in [4.78, 5) is 27.8. The van der Waals surface area contributed by atoms with Gasteiger partial charge >= 0.3 is 0 Å². The van der Waals surface area contributed by atoms with Gasteiger partial charge in [0.1, 0.15) is 12.1 Å². The van der Waals surface area contributed by atoms with E-state index in [0.717, 1.165) is 27.7 Å². The predicted molar refractivity (Wildman–Crippen MR) is 104 cm³/mol. The quantitative estimate of drug-likeness (QED) is 0.570. The number of nitrogens with one attached hydrogen (secondary N) is 2. The lowest BCUT2D eigenvalue weighted by Crippen LogP contribution is -2.24. The van der Waals surface area contributed by atoms with E-state index in [0.29, 0.717) is 23.5 Å². The van der Waals surface area contributed by atoms with Crippen molar-refractivity contribution in [3.63, 3.8) is 0 Å². The van der Waals surface area contributed by atoms with Crippen molar-refractivity contribution in [2.75, 3.05) is 0 Å². The van der Waals surface area contributed by atoms with Crippen molar-refractivity contribution >= 4 is 16.8 Å². The average Bonchev–Trinajstić information content (AvgIpc) is 3.03. The van der Waals surface area contributed by atoms with Gasteiger partial charge in [-0.2, -0.15) is 0 Å². The van der Waals surface area contributed by atoms with Gasteiger partial charge < -0.3 is 10.3 Å². The molecule has 0 spiro atoms. The van der Waals surface area contributed by atoms with Crippen LogP contribution in [0.3, 0.4) is 0 Å². The summed E-state index contributed by atoms with van der Waals surface area (Å²) in [6, 6.07) is 8.63. The first kappa shape index (κ1) is 17.8. The monoisotopic (exact) mass is 375 g/mol. The van der Waals surface area contributed by atoms with E-state index in [1.54, 1.807) is 6.92 Å². The van der Waals surface area contributed by atoms with Crippen molar-refractivity contribution < 1.29 is 9.18 Å². The van der Waals surface area contributed by atoms with E-state index in [2.05, 4.69) is 25.3 Å². The van der Waals surface area contributed by atoms with Crippen LogP contribution >= 0.6 is 0 Å². The number of fused-ring (bicyclic) bond motifs is 1. The molecule has 1 amide bonds. The van der Waals surface area contributed by atoms with Gasteiger partial charge in [-0.3, -0.25) is 9.78 Å². The summed E-state index contributed by atoms with van der Waals surface area (Å²) in [6.45, 7) is 4.11. The molecular weight excluding hydrogens is 357 g/mol. The number of aryl methyl sites for hydroxylation is 2. The molecule has 0 bridgehead atoms. The van der Waals surface area contributed by atoms with Crippen molar-refractivity contribution in [1.29, 1.82) is 0 Å². The van der Waals surface area contributed by atoms with Gasteiger partial charge in [-0.05, 0) is 43.2 Å². The number of carbonyl (C=O) groups is 1. The second kappa shape index (κ2) is 7.19. The maximum atomic E-state index is 13.5. The number of pyridine rings is 1. The smallest absolute Gasteiger partial charge is 0.254 e. The first-order valence-electron chi connectivity index (χ1n) is 8.81. The van der Waals surface area contributed by atoms with Gasteiger partial charge in [-0.15, -0.1) is 0 Å². The van der Waals surface area contributed by atoms with Crippen LogP contribution in [-0.4, -0.2) is 25.8 Å². The Morgan fingerprint density at radius 2 is 2.04 bits per heavy atom. The molecule has 0 aliphatic rings. The number of nitrogens with zero attached hydrogens (tertiary/aromatic N) is 3. The molecule has 3 heterocycles. The maximum Gasteiger partial charge on any atom is 0.254 e. The second-order valence-electron chi connectivity index (χ2n) is 6.57. The lowest BCUT2D eigenvalue weighted by Gasteiger charge is -2.07. The standard InChI is InChI=1S/C21H18FN5O/c1-12-16-7-14(9-25-21(28)17-10-23-11-26-13(17)2)3-4-18(16)27-20(12)19-8-15(22)5-6-24-19/h3-8,10-11,27H,9H2,1-2H3,(H,25,28). The van der Waals surface area contributed by atoms with E-state index in [1.165, 1.54) is 30.9 Å². The zero-order valence-corrected chi connectivity index (χ0v) is 15.5. The number of H-pyrrole nitrogens is 1. The SMILES string of the molecule is Cc1ncncc1C(=O)NCc1ccc2[nH]c(-c3cc(F)ccn3)c(C)c2c1. The molecule has 7 heteroatoms. The van der Waals surface area contributed by atoms with Crippen molar-refractivity contribution in [2.24, 2.45) is 0 Å². The van der Waals surface area contributed by atoms with Gasteiger partial charge in [0.05, 0.1) is 22.6 Å². The van der Waals surface area contributed by atoms with Crippen molar-refractivity contribution in [1.82, 2.24) is 25.3 Å². The Bertz CT molecular complexity index is 1180. The highest BCUT2D eigenvalue weighted by atomic mass is 19.1. The lowest BCUT2D eigenvalue weighted by molar-refractivity contribution is 0.0949. The van der Waals surface area contributed by atoms with Gasteiger partial charge in [-0.1, -0.05) is 6.07 Å². The highest BCUT2D eigenvalue weighted by Gasteiger charge is 2.13. The fourth-order valence-electron chi connectivity index (χ4n) is 3.17. The number of hydrogen-bond acceptors (Lipinski definition) is 4. The molecule has 2 N–H and O–H groups in total. The van der Waals surface area contributed by atoms with Crippen LogP contribution in [0, 0.1) is 19.7 Å². The molecule has 1 aromatic carbocycles. The number of benzene rings is 1. The summed E-state index contributed by atoms with van der Waals surface area (Å²) >= 11 is 0. The van der Waals surface area contributed by atoms with Crippen LogP contribution in [0.2, 0.25) is 0 Å². The molecule has 6 nitrogen and oxygen atoms in total. The molecule has 0 radical (unpaired) electrons. The predicted octanol–water partition coefficient (Wildman–Crippen LogP) is 3.71. The van der Waals surface area contributed by atoms with Gasteiger partial charge in [0.25, 0.3) is 5.91 Å². The zero-order valence-electron chi connectivity index (χ0n) is 15.5. The molecular formula is C21H18FN5O. The van der Waals surface area contributed by atoms with Gasteiger partial charge in [0, 0.05) is 35.9 Å². The summed E-state index contributed by atoms with van der Waals surface area (Å²) < 4.78 is 13.5. The fourth-order valence-corrected chi connectivity index (χ4v) is 3.17. The first-order valence-corrected chi connectivity index (χ1v) is 8.81. The van der Waals surface area contributed by atoms with E-state index >= 15 is 0 Å². The van der Waals surface area contributed by atoms with Crippen molar-refractivity contribution in [3.05, 3.63) is 77.3 Å². The maximum absolute atomic E-state index is 13.5. The van der Waals surface area contributed by atoms with E-state index < -0.39 is 0 Å². The molecule has 3 aromatic heterocycles. The Morgan fingerprint density at radius 1 is 1.18 bits per heavy atom. The molecule has 0 saturated heterocycles. The minimum atomic E-state index is -0.327. The molecule has 0 aliphatic heterocycles. The van der Waals surface area contributed by atoms with Crippen LogP contribution in [0.15, 0.2) is 49.1 Å². The molecule has 0 saturated carbocycles. The van der Waals surface area contributed by atoms with E-state index in [-0.39, 0.29) is 11.7 Å². The van der Waals surface area contributed by atoms with Gasteiger partial charge in [-0.25, -0.2) is 14.4 Å². The zero-order chi connectivity index (χ0) is 19.7. The minimum Gasteiger partial charge on any atom is -0.353 e. The summed E-state index contributed by atoms with van der Waals surface area (Å²) in [6.07, 6.45) is 4.38. The lowest BCUT2D eigenvalue weighted by atomic mass is 10.1. The molecule has 0 atom stereocenters. The van der Waals surface area contributed by atoms with Gasteiger partial charge in [0.15, 0.2) is 0 Å². The van der Waals surface area contributed by atoms with Crippen LogP contribution < -0.4 is 5.32 Å². The normalized spacial score (nSPS) is 11.0. The minimum absolute atomic E-state index is 0.214. The van der Waals surface area contributed by atoms with E-state index in [4.69, 9.17) is 0 Å². The molecule has 0 aliphatic carbocycles. The number of rotatable bonds is 4.